The van der Waals surface area contributed by atoms with Crippen LogP contribution in [0.4, 0.5) is 21.9 Å². The number of anilines is 2. The number of benzene rings is 1. The first-order chi connectivity index (χ1) is 13.4. The lowest BCUT2D eigenvalue weighted by Gasteiger charge is -2.45. The molecule has 1 aliphatic carbocycles. The average Bonchev–Trinajstić information content (AvgIpc) is 2.62. The van der Waals surface area contributed by atoms with Gasteiger partial charge >= 0.3 is 6.09 Å². The van der Waals surface area contributed by atoms with Crippen LogP contribution in [0, 0.1) is 10.1 Å². The molecule has 0 aromatic heterocycles. The topological polar surface area (TPSA) is 161 Å². The molecule has 0 saturated heterocycles. The summed E-state index contributed by atoms with van der Waals surface area (Å²) in [7, 11) is 0. The Morgan fingerprint density at radius 2 is 2.07 bits per heavy atom. The molecule has 1 fully saturated rings. The van der Waals surface area contributed by atoms with Crippen LogP contribution in [-0.2, 0) is 4.74 Å². The Kier molecular flexibility index (Phi) is 5.34. The van der Waals surface area contributed by atoms with Crippen molar-refractivity contribution in [2.24, 2.45) is 21.5 Å². The molecule has 1 spiro atoms. The van der Waals surface area contributed by atoms with E-state index >= 15 is 0 Å². The zero-order valence-electron chi connectivity index (χ0n) is 15.6. The first-order valence-corrected chi connectivity index (χ1v) is 9.08. The molecule has 11 heteroatoms. The minimum absolute atomic E-state index is 0.0282. The molecule has 3 rings (SSSR count). The summed E-state index contributed by atoms with van der Waals surface area (Å²) < 4.78 is 4.79. The van der Waals surface area contributed by atoms with Gasteiger partial charge in [-0.05, 0) is 44.7 Å². The van der Waals surface area contributed by atoms with E-state index in [1.807, 2.05) is 0 Å². The number of aliphatic imine (C=N–C) groups is 2. The second-order valence-corrected chi connectivity index (χ2v) is 6.62. The number of nitrogens with zero attached hydrogens (tertiary/aromatic N) is 4. The lowest BCUT2D eigenvalue weighted by atomic mass is 9.87. The van der Waals surface area contributed by atoms with Gasteiger partial charge in [0.05, 0.1) is 17.2 Å². The molecule has 0 atom stereocenters. The van der Waals surface area contributed by atoms with Crippen molar-refractivity contribution in [1.82, 2.24) is 0 Å². The van der Waals surface area contributed by atoms with Gasteiger partial charge in [0.25, 0.3) is 5.69 Å². The number of carbonyl (C=O) groups excluding carboxylic acids is 1. The molecule has 1 aromatic rings. The smallest absolute Gasteiger partial charge is 0.411 e. The third-order valence-electron chi connectivity index (χ3n) is 4.80. The van der Waals surface area contributed by atoms with Gasteiger partial charge in [-0.1, -0.05) is 6.42 Å². The van der Waals surface area contributed by atoms with Gasteiger partial charge in [0.2, 0.25) is 11.9 Å². The Labute approximate surface area is 161 Å². The van der Waals surface area contributed by atoms with Gasteiger partial charge in [0.1, 0.15) is 11.4 Å². The number of hydrogen-bond donors (Lipinski definition) is 3. The molecule has 0 bridgehead atoms. The number of hydrogen-bond acceptors (Lipinski definition) is 9. The minimum Gasteiger partial charge on any atom is -0.450 e. The highest BCUT2D eigenvalue weighted by Crippen LogP contribution is 2.41. The summed E-state index contributed by atoms with van der Waals surface area (Å²) in [6.07, 6.45) is 3.60. The predicted molar refractivity (Wildman–Crippen MR) is 105 cm³/mol. The Bertz CT molecular complexity index is 846. The van der Waals surface area contributed by atoms with Crippen LogP contribution in [-0.4, -0.2) is 35.2 Å². The summed E-state index contributed by atoms with van der Waals surface area (Å²) in [6, 6.07) is 4.41. The number of rotatable bonds is 4. The molecule has 1 amide bonds. The number of nitro benzene ring substituents is 1. The van der Waals surface area contributed by atoms with Crippen LogP contribution in [0.1, 0.15) is 39.0 Å². The monoisotopic (exact) mass is 389 g/mol. The van der Waals surface area contributed by atoms with Crippen molar-refractivity contribution in [2.75, 3.05) is 16.8 Å². The number of guanidine groups is 2. The summed E-state index contributed by atoms with van der Waals surface area (Å²) in [5.74, 6) is 0.237. The van der Waals surface area contributed by atoms with Gasteiger partial charge in [0.15, 0.2) is 0 Å². The molecule has 1 aliphatic heterocycles. The normalized spacial score (nSPS) is 18.2. The van der Waals surface area contributed by atoms with E-state index in [1.54, 1.807) is 17.9 Å². The molecule has 1 aromatic carbocycles. The molecule has 11 nitrogen and oxygen atoms in total. The maximum absolute atomic E-state index is 11.7. The first-order valence-electron chi connectivity index (χ1n) is 9.08. The summed E-state index contributed by atoms with van der Waals surface area (Å²) in [6.45, 7) is 1.80. The van der Waals surface area contributed by atoms with Crippen LogP contribution in [0.15, 0.2) is 28.2 Å². The van der Waals surface area contributed by atoms with Crippen molar-refractivity contribution in [2.45, 2.75) is 44.7 Å². The Balaban J connectivity index is 2.02. The second kappa shape index (κ2) is 7.71. The zero-order chi connectivity index (χ0) is 20.3. The maximum Gasteiger partial charge on any atom is 0.411 e. The average molecular weight is 389 g/mol. The van der Waals surface area contributed by atoms with Crippen LogP contribution in [0.25, 0.3) is 0 Å². The van der Waals surface area contributed by atoms with Gasteiger partial charge in [-0.25, -0.2) is 9.79 Å². The highest BCUT2D eigenvalue weighted by atomic mass is 16.6. The standard InChI is InChI=1S/C17H23N7O4/c1-2-28-16(25)20-12-7-6-11(10-13(12)24(26)27)23-15(19)21-14(18)22-17(23)8-4-3-5-9-17/h6-7,10H,2-5,8-9H2,1H3,(H,20,25)(H4,18,19,21,22). The van der Waals surface area contributed by atoms with Gasteiger partial charge in [-0.3, -0.25) is 20.3 Å². The number of nitrogens with two attached hydrogens (primary N) is 2. The molecule has 1 heterocycles. The number of nitrogens with one attached hydrogen (secondary N) is 1. The SMILES string of the molecule is CCOC(=O)Nc1ccc(N2C(N)=NC(N)=NC23CCCCC3)cc1[N+](=O)[O-]. The molecular formula is C17H23N7O4. The number of amides is 1. The van der Waals surface area contributed by atoms with Crippen LogP contribution in [0.5, 0.6) is 0 Å². The van der Waals surface area contributed by atoms with Gasteiger partial charge in [-0.15, -0.1) is 0 Å². The van der Waals surface area contributed by atoms with Crippen molar-refractivity contribution < 1.29 is 14.5 Å². The van der Waals surface area contributed by atoms with Crippen molar-refractivity contribution >= 4 is 35.1 Å². The largest absolute Gasteiger partial charge is 0.450 e. The van der Waals surface area contributed by atoms with Crippen LogP contribution in [0.3, 0.4) is 0 Å². The van der Waals surface area contributed by atoms with E-state index in [0.29, 0.717) is 18.5 Å². The van der Waals surface area contributed by atoms with E-state index in [1.165, 1.54) is 12.1 Å². The fourth-order valence-electron chi connectivity index (χ4n) is 3.69. The summed E-state index contributed by atoms with van der Waals surface area (Å²) >= 11 is 0. The molecule has 1 saturated carbocycles. The highest BCUT2D eigenvalue weighted by molar-refractivity contribution is 6.06. The third-order valence-corrected chi connectivity index (χ3v) is 4.80. The van der Waals surface area contributed by atoms with Crippen molar-refractivity contribution in [1.29, 1.82) is 0 Å². The Morgan fingerprint density at radius 3 is 2.71 bits per heavy atom. The number of nitro groups is 1. The summed E-state index contributed by atoms with van der Waals surface area (Å²) in [5, 5.41) is 14.0. The molecule has 28 heavy (non-hydrogen) atoms. The van der Waals surface area contributed by atoms with Crippen LogP contribution in [0.2, 0.25) is 0 Å². The molecule has 5 N–H and O–H groups in total. The van der Waals surface area contributed by atoms with E-state index in [-0.39, 0.29) is 29.9 Å². The highest BCUT2D eigenvalue weighted by Gasteiger charge is 2.43. The van der Waals surface area contributed by atoms with Crippen molar-refractivity contribution in [3.8, 4) is 0 Å². The van der Waals surface area contributed by atoms with Gasteiger partial charge in [-0.2, -0.15) is 4.99 Å². The quantitative estimate of drug-likeness (QED) is 0.525. The number of carbonyl (C=O) groups is 1. The lowest BCUT2D eigenvalue weighted by molar-refractivity contribution is -0.383. The Hall–Kier alpha value is -3.37. The van der Waals surface area contributed by atoms with Gasteiger partial charge in [0, 0.05) is 6.07 Å². The van der Waals surface area contributed by atoms with E-state index in [2.05, 4.69) is 15.3 Å². The van der Waals surface area contributed by atoms with E-state index in [9.17, 15) is 14.9 Å². The van der Waals surface area contributed by atoms with Crippen LogP contribution < -0.4 is 21.7 Å². The minimum atomic E-state index is -0.765. The molecule has 150 valence electrons. The molecular weight excluding hydrogens is 366 g/mol. The van der Waals surface area contributed by atoms with E-state index in [0.717, 1.165) is 19.3 Å². The van der Waals surface area contributed by atoms with Crippen molar-refractivity contribution in [3.63, 3.8) is 0 Å². The fraction of sp³-hybridized carbons (Fsp3) is 0.471. The molecule has 0 unspecified atom stereocenters. The third kappa shape index (κ3) is 3.68. The Morgan fingerprint density at radius 1 is 1.36 bits per heavy atom. The zero-order valence-corrected chi connectivity index (χ0v) is 15.6. The lowest BCUT2D eigenvalue weighted by Crippen LogP contribution is -2.58. The second-order valence-electron chi connectivity index (χ2n) is 6.62. The van der Waals surface area contributed by atoms with Gasteiger partial charge < -0.3 is 16.2 Å². The van der Waals surface area contributed by atoms with E-state index in [4.69, 9.17) is 16.2 Å². The van der Waals surface area contributed by atoms with Crippen LogP contribution >= 0.6 is 0 Å². The summed E-state index contributed by atoms with van der Waals surface area (Å²) in [4.78, 5) is 33.0. The number of ether oxygens (including phenoxy) is 1. The summed E-state index contributed by atoms with van der Waals surface area (Å²) in [5.41, 5.74) is 11.5. The first kappa shape index (κ1) is 19.4. The predicted octanol–water partition coefficient (Wildman–Crippen LogP) is 2.27. The fourth-order valence-corrected chi connectivity index (χ4v) is 3.69. The molecule has 0 radical (unpaired) electrons. The van der Waals surface area contributed by atoms with E-state index < -0.39 is 16.7 Å². The maximum atomic E-state index is 11.7. The van der Waals surface area contributed by atoms with Crippen molar-refractivity contribution in [3.05, 3.63) is 28.3 Å². The molecule has 2 aliphatic rings.